The molecule has 9 aromatic carbocycles. The van der Waals surface area contributed by atoms with Gasteiger partial charge in [-0.2, -0.15) is 0 Å². The number of aromatic nitrogens is 2. The van der Waals surface area contributed by atoms with Crippen LogP contribution in [0, 0.1) is 0 Å². The maximum atomic E-state index is 9.78. The summed E-state index contributed by atoms with van der Waals surface area (Å²) in [4.78, 5) is 0. The van der Waals surface area contributed by atoms with Crippen LogP contribution in [-0.2, 0) is 0 Å². The molecule has 0 aliphatic heterocycles. The minimum Gasteiger partial charge on any atom is -0.309 e. The summed E-state index contributed by atoms with van der Waals surface area (Å²) in [6, 6.07) is 1.28. The monoisotopic (exact) mass is 628 g/mol. The van der Waals surface area contributed by atoms with E-state index in [4.69, 9.17) is 16.4 Å². The van der Waals surface area contributed by atoms with Crippen molar-refractivity contribution in [2.24, 2.45) is 0 Å². The molecule has 0 saturated heterocycles. The topological polar surface area (TPSA) is 9.86 Å². The lowest BCUT2D eigenvalue weighted by molar-refractivity contribution is 1.18. The van der Waals surface area contributed by atoms with E-state index in [9.17, 15) is 11.0 Å². The smallest absolute Gasteiger partial charge is 0.0651 e. The first-order valence-electron chi connectivity index (χ1n) is 25.0. The second-order valence-electron chi connectivity index (χ2n) is 11.3. The molecule has 0 fully saturated rings. The first kappa shape index (κ1) is 13.4. The van der Waals surface area contributed by atoms with Gasteiger partial charge in [-0.25, -0.2) is 0 Å². The van der Waals surface area contributed by atoms with Crippen LogP contribution in [0.5, 0.6) is 0 Å². The quantitative estimate of drug-likeness (QED) is 0.169. The normalized spacial score (nSPS) is 18.0. The molecular formula is C46H28N2. The number of rotatable bonds is 2. The van der Waals surface area contributed by atoms with Crippen molar-refractivity contribution in [1.82, 2.24) is 9.13 Å². The Morgan fingerprint density at radius 1 is 0.333 bits per heavy atom. The van der Waals surface area contributed by atoms with Gasteiger partial charge in [-0.15, -0.1) is 0 Å². The van der Waals surface area contributed by atoms with E-state index in [0.717, 1.165) is 0 Å². The van der Waals surface area contributed by atoms with Crippen molar-refractivity contribution in [2.75, 3.05) is 0 Å². The fourth-order valence-electron chi connectivity index (χ4n) is 6.82. The van der Waals surface area contributed by atoms with Crippen molar-refractivity contribution in [2.45, 2.75) is 0 Å². The van der Waals surface area contributed by atoms with Crippen LogP contribution in [0.2, 0.25) is 0 Å². The molecule has 0 aliphatic rings. The van der Waals surface area contributed by atoms with Crippen LogP contribution >= 0.6 is 0 Å². The van der Waals surface area contributed by atoms with Gasteiger partial charge in [0.05, 0.1) is 49.5 Å². The van der Waals surface area contributed by atoms with Crippen molar-refractivity contribution in [3.05, 3.63) is 169 Å². The minimum atomic E-state index is -0.668. The molecule has 2 aromatic heterocycles. The number of hydrogen-bond donors (Lipinski definition) is 0. The third-order valence-electron chi connectivity index (χ3n) is 8.84. The van der Waals surface area contributed by atoms with Gasteiger partial charge in [-0.3, -0.25) is 0 Å². The van der Waals surface area contributed by atoms with Gasteiger partial charge in [0.15, 0.2) is 0 Å². The van der Waals surface area contributed by atoms with Gasteiger partial charge in [-0.1, -0.05) is 121 Å². The predicted octanol–water partition coefficient (Wildman–Crippen LogP) is 12.5. The summed E-state index contributed by atoms with van der Waals surface area (Å²) >= 11 is 0. The molecule has 0 aliphatic carbocycles. The number of hydrogen-bond acceptors (Lipinski definition) is 0. The van der Waals surface area contributed by atoms with Crippen LogP contribution < -0.4 is 0 Å². The molecule has 11 rings (SSSR count). The summed E-state index contributed by atoms with van der Waals surface area (Å²) in [6.45, 7) is 0. The average molecular weight is 629 g/mol. The fraction of sp³-hybridized carbons (Fsp3) is 0. The zero-order valence-electron chi connectivity index (χ0n) is 44.5. The molecule has 222 valence electrons. The van der Waals surface area contributed by atoms with E-state index in [1.54, 1.807) is 48.5 Å². The first-order valence-corrected chi connectivity index (χ1v) is 15.0. The van der Waals surface area contributed by atoms with Gasteiger partial charge < -0.3 is 9.13 Å². The number of fused-ring (bicyclic) bond motifs is 13. The molecular weight excluding hydrogens is 581 g/mol. The molecule has 0 spiro atoms. The predicted molar refractivity (Wildman–Crippen MR) is 205 cm³/mol. The molecule has 0 saturated carbocycles. The van der Waals surface area contributed by atoms with Crippen molar-refractivity contribution in [3.8, 4) is 11.4 Å². The minimum absolute atomic E-state index is 0.0162. The maximum Gasteiger partial charge on any atom is 0.0651 e. The largest absolute Gasteiger partial charge is 0.309 e. The Morgan fingerprint density at radius 2 is 0.750 bits per heavy atom. The lowest BCUT2D eigenvalue weighted by Gasteiger charge is -2.12. The van der Waals surface area contributed by atoms with Crippen LogP contribution in [0.15, 0.2) is 169 Å². The van der Waals surface area contributed by atoms with Crippen LogP contribution in [0.4, 0.5) is 0 Å². The van der Waals surface area contributed by atoms with Crippen LogP contribution in [-0.4, -0.2) is 9.13 Å². The van der Waals surface area contributed by atoms with E-state index in [2.05, 4.69) is 0 Å². The van der Waals surface area contributed by atoms with Gasteiger partial charge in [-0.05, 0) is 91.5 Å². The highest BCUT2D eigenvalue weighted by Gasteiger charge is 2.20. The van der Waals surface area contributed by atoms with E-state index >= 15 is 0 Å². The van der Waals surface area contributed by atoms with Gasteiger partial charge in [0.25, 0.3) is 0 Å². The molecule has 11 aromatic rings. The number of benzene rings is 9. The van der Waals surface area contributed by atoms with Gasteiger partial charge in [0.1, 0.15) is 0 Å². The highest BCUT2D eigenvalue weighted by atomic mass is 15.0. The number of para-hydroxylation sites is 2. The summed E-state index contributed by atoms with van der Waals surface area (Å²) in [5.74, 6) is 0. The van der Waals surface area contributed by atoms with Crippen molar-refractivity contribution in [3.63, 3.8) is 0 Å². The third-order valence-corrected chi connectivity index (χ3v) is 8.84. The van der Waals surface area contributed by atoms with E-state index in [1.165, 1.54) is 9.13 Å². The van der Waals surface area contributed by atoms with E-state index < -0.39 is 121 Å². The van der Waals surface area contributed by atoms with Gasteiger partial charge in [0.2, 0.25) is 0 Å². The molecule has 0 amide bonds. The summed E-state index contributed by atoms with van der Waals surface area (Å²) in [5, 5.41) is -1.08. The Morgan fingerprint density at radius 3 is 1.25 bits per heavy atom. The molecule has 0 bridgehead atoms. The van der Waals surface area contributed by atoms with E-state index in [0.29, 0.717) is 32.6 Å². The lowest BCUT2D eigenvalue weighted by Crippen LogP contribution is -1.95. The standard InChI is InChI=1S/C46H28N2/c1-3-11-35-29(9-1)17-19-31-27-33(21-23-37(31)35)47-41-15-7-5-13-39(41)45-43(47)25-26-44-46(45)40-14-6-8-16-42(40)48(44)34-22-24-38-32(28-34)20-18-30-10-2-4-12-36(30)38/h1-28H/i1D,2D,3D,4D,9D,10D,11D,12D,17D,18D,19D,20D,21D,22D,23D,24D,25D,26D,27D,28D. The third kappa shape index (κ3) is 3.46. The Kier molecular flexibility index (Phi) is 2.67. The van der Waals surface area contributed by atoms with E-state index in [-0.39, 0.29) is 65.5 Å². The summed E-state index contributed by atoms with van der Waals surface area (Å²) in [6.07, 6.45) is 0. The SMILES string of the molecule is [2H]c1c([2H])c([2H])c2c(c1[2H])c([2H])c([2H])c1c([2H])c(-n3c4ccccc4c4c5c6ccccc6n(-c6c([2H])c([2H])c7c(c6[2H])c([2H])c([2H])c6c([2H])c([2H])c([2H])c([2H])c67)c5c([2H])c([2H])c43)c([2H])c([2H])c12. The second kappa shape index (κ2) is 9.57. The van der Waals surface area contributed by atoms with Crippen molar-refractivity contribution < 1.29 is 27.4 Å². The maximum absolute atomic E-state index is 9.78. The molecule has 2 heteroatoms. The molecule has 0 radical (unpaired) electrons. The Hall–Kier alpha value is -6.38. The Bertz CT molecular complexity index is 3990. The molecule has 2 heterocycles. The Balaban J connectivity index is 1.33. The summed E-state index contributed by atoms with van der Waals surface area (Å²) in [5.41, 5.74) is -0.0732. The fourth-order valence-corrected chi connectivity index (χ4v) is 6.82. The summed E-state index contributed by atoms with van der Waals surface area (Å²) in [7, 11) is 0. The van der Waals surface area contributed by atoms with Crippen molar-refractivity contribution >= 4 is 86.7 Å². The molecule has 2 nitrogen and oxygen atoms in total. The lowest BCUT2D eigenvalue weighted by atomic mass is 10.0. The zero-order valence-corrected chi connectivity index (χ0v) is 24.5. The molecule has 0 unspecified atom stereocenters. The number of nitrogens with zero attached hydrogens (tertiary/aromatic N) is 2. The molecule has 48 heavy (non-hydrogen) atoms. The van der Waals surface area contributed by atoms with Gasteiger partial charge in [0, 0.05) is 32.9 Å². The molecule has 0 N–H and O–H groups in total. The Labute approximate surface area is 304 Å². The summed E-state index contributed by atoms with van der Waals surface area (Å²) < 4.78 is 183. The van der Waals surface area contributed by atoms with Gasteiger partial charge >= 0.3 is 0 Å². The highest BCUT2D eigenvalue weighted by Crippen LogP contribution is 2.43. The average Bonchev–Trinajstić information content (AvgIpc) is 3.83. The second-order valence-corrected chi connectivity index (χ2v) is 11.3. The zero-order chi connectivity index (χ0) is 48.8. The highest BCUT2D eigenvalue weighted by molar-refractivity contribution is 6.29. The first-order chi connectivity index (χ1) is 32.2. The van der Waals surface area contributed by atoms with Crippen LogP contribution in [0.25, 0.3) is 98.1 Å². The van der Waals surface area contributed by atoms with Crippen LogP contribution in [0.1, 0.15) is 27.4 Å². The van der Waals surface area contributed by atoms with E-state index in [1.807, 2.05) is 0 Å². The van der Waals surface area contributed by atoms with Crippen molar-refractivity contribution in [1.29, 1.82) is 0 Å². The van der Waals surface area contributed by atoms with Crippen LogP contribution in [0.3, 0.4) is 0 Å². The molecule has 0 atom stereocenters.